The first kappa shape index (κ1) is 26.1. The molecule has 0 radical (unpaired) electrons. The normalized spacial score (nSPS) is 22.3. The molecule has 188 valence electrons. The highest BCUT2D eigenvalue weighted by atomic mass is 35.5. The quantitative estimate of drug-likeness (QED) is 0.524. The van der Waals surface area contributed by atoms with Gasteiger partial charge in [0, 0.05) is 42.2 Å². The van der Waals surface area contributed by atoms with Gasteiger partial charge in [0.05, 0.1) is 23.3 Å². The van der Waals surface area contributed by atoms with Gasteiger partial charge in [-0.15, -0.1) is 0 Å². The maximum atomic E-state index is 14.0. The van der Waals surface area contributed by atoms with E-state index in [1.807, 2.05) is 0 Å². The van der Waals surface area contributed by atoms with Gasteiger partial charge in [0.2, 0.25) is 10.0 Å². The van der Waals surface area contributed by atoms with E-state index in [0.29, 0.717) is 11.6 Å². The van der Waals surface area contributed by atoms with E-state index < -0.39 is 21.3 Å². The molecule has 1 aliphatic heterocycles. The van der Waals surface area contributed by atoms with Crippen LogP contribution in [-0.4, -0.2) is 56.2 Å². The Morgan fingerprint density at radius 3 is 2.51 bits per heavy atom. The van der Waals surface area contributed by atoms with Gasteiger partial charge in [-0.1, -0.05) is 23.2 Å². The van der Waals surface area contributed by atoms with E-state index in [2.05, 4.69) is 5.32 Å². The van der Waals surface area contributed by atoms with Crippen molar-refractivity contribution in [3.63, 3.8) is 0 Å². The van der Waals surface area contributed by atoms with Gasteiger partial charge in [-0.2, -0.15) is 9.57 Å². The molecule has 0 amide bonds. The fourth-order valence-corrected chi connectivity index (χ4v) is 6.92. The molecular formula is C24H26Cl2FN3O4S. The topological polar surface area (TPSA) is 103 Å². The number of hydrogen-bond acceptors (Lipinski definition) is 6. The van der Waals surface area contributed by atoms with Crippen molar-refractivity contribution >= 4 is 33.2 Å². The Labute approximate surface area is 214 Å². The summed E-state index contributed by atoms with van der Waals surface area (Å²) in [6.45, 7) is 1.03. The van der Waals surface area contributed by atoms with Crippen LogP contribution in [0.5, 0.6) is 5.75 Å². The van der Waals surface area contributed by atoms with Crippen LogP contribution >= 0.6 is 23.2 Å². The van der Waals surface area contributed by atoms with Crippen molar-refractivity contribution in [3.8, 4) is 11.8 Å². The first-order valence-corrected chi connectivity index (χ1v) is 13.5. The largest absolute Gasteiger partial charge is 0.493 e. The molecule has 35 heavy (non-hydrogen) atoms. The van der Waals surface area contributed by atoms with Crippen LogP contribution in [0.25, 0.3) is 0 Å². The number of aliphatic hydroxyl groups is 1. The lowest BCUT2D eigenvalue weighted by atomic mass is 9.81. The average molecular weight is 542 g/mol. The first-order valence-electron chi connectivity index (χ1n) is 11.3. The minimum Gasteiger partial charge on any atom is -0.493 e. The summed E-state index contributed by atoms with van der Waals surface area (Å²) in [5.74, 6) is -0.406. The van der Waals surface area contributed by atoms with Crippen molar-refractivity contribution in [3.05, 3.63) is 57.8 Å². The van der Waals surface area contributed by atoms with E-state index in [1.54, 1.807) is 6.07 Å². The molecule has 1 saturated heterocycles. The summed E-state index contributed by atoms with van der Waals surface area (Å²) in [4.78, 5) is -0.0125. The van der Waals surface area contributed by atoms with Crippen LogP contribution < -0.4 is 10.1 Å². The molecule has 4 rings (SSSR count). The van der Waals surface area contributed by atoms with Crippen LogP contribution in [0, 0.1) is 22.6 Å². The Morgan fingerprint density at radius 1 is 1.17 bits per heavy atom. The number of halogens is 3. The number of sulfonamides is 1. The van der Waals surface area contributed by atoms with Crippen LogP contribution in [0.4, 0.5) is 4.39 Å². The summed E-state index contributed by atoms with van der Waals surface area (Å²) in [6.07, 6.45) is 2.84. The zero-order valence-corrected chi connectivity index (χ0v) is 21.2. The highest BCUT2D eigenvalue weighted by Gasteiger charge is 2.49. The van der Waals surface area contributed by atoms with Gasteiger partial charge < -0.3 is 15.2 Å². The van der Waals surface area contributed by atoms with Gasteiger partial charge in [-0.25, -0.2) is 12.8 Å². The molecule has 2 fully saturated rings. The molecule has 0 spiro atoms. The lowest BCUT2D eigenvalue weighted by Gasteiger charge is -2.49. The molecule has 0 aromatic heterocycles. The van der Waals surface area contributed by atoms with Crippen molar-refractivity contribution in [2.24, 2.45) is 5.41 Å². The number of rotatable bonds is 8. The zero-order chi connectivity index (χ0) is 25.2. The van der Waals surface area contributed by atoms with Gasteiger partial charge in [0.15, 0.2) is 0 Å². The second-order valence-corrected chi connectivity index (χ2v) is 12.0. The Kier molecular flexibility index (Phi) is 7.91. The third-order valence-electron chi connectivity index (χ3n) is 6.60. The van der Waals surface area contributed by atoms with Crippen LogP contribution in [-0.2, 0) is 10.0 Å². The van der Waals surface area contributed by atoms with E-state index in [9.17, 15) is 17.9 Å². The molecule has 0 bridgehead atoms. The van der Waals surface area contributed by atoms with Gasteiger partial charge >= 0.3 is 0 Å². The Bertz CT molecular complexity index is 1220. The summed E-state index contributed by atoms with van der Waals surface area (Å²) in [7, 11) is -3.84. The lowest BCUT2D eigenvalue weighted by Crippen LogP contribution is -2.65. The van der Waals surface area contributed by atoms with E-state index in [1.165, 1.54) is 34.6 Å². The van der Waals surface area contributed by atoms with Crippen LogP contribution in [0.3, 0.4) is 0 Å². The second-order valence-electron chi connectivity index (χ2n) is 9.28. The Morgan fingerprint density at radius 2 is 1.89 bits per heavy atom. The van der Waals surface area contributed by atoms with Crippen LogP contribution in [0.2, 0.25) is 10.0 Å². The first-order chi connectivity index (χ1) is 16.6. The Hall–Kier alpha value is -1.93. The zero-order valence-electron chi connectivity index (χ0n) is 18.9. The fourth-order valence-electron chi connectivity index (χ4n) is 4.50. The van der Waals surface area contributed by atoms with Gasteiger partial charge in [-0.3, -0.25) is 0 Å². The average Bonchev–Trinajstić information content (AvgIpc) is 2.79. The SMILES string of the molecule is N#Cc1ccc(OCC2(CNC3CCC(O)CC3)CN(S(=O)(=O)c3ccc(Cl)cc3Cl)C2)cc1F. The van der Waals surface area contributed by atoms with Gasteiger partial charge in [-0.05, 0) is 56.0 Å². The summed E-state index contributed by atoms with van der Waals surface area (Å²) in [6, 6.07) is 10.3. The molecule has 1 aliphatic carbocycles. The van der Waals surface area contributed by atoms with E-state index in [4.69, 9.17) is 33.2 Å². The standard InChI is InChI=1S/C24H26Cl2FN3O4S/c25-17-2-8-23(21(26)9-17)35(32,33)30-13-24(14-30,12-29-18-3-5-19(31)6-4-18)15-34-20-7-1-16(11-28)22(27)10-20/h1-2,7-10,18-19,29,31H,3-6,12-15H2. The molecule has 0 unspecified atom stereocenters. The van der Waals surface area contributed by atoms with Gasteiger partial charge in [0.1, 0.15) is 22.5 Å². The third kappa shape index (κ3) is 5.91. The van der Waals surface area contributed by atoms with E-state index in [-0.39, 0.29) is 53.1 Å². The molecule has 11 heteroatoms. The predicted octanol–water partition coefficient (Wildman–Crippen LogP) is 3.97. The summed E-state index contributed by atoms with van der Waals surface area (Å²) in [5.41, 5.74) is -0.624. The van der Waals surface area contributed by atoms with Crippen molar-refractivity contribution in [2.45, 2.75) is 42.7 Å². The van der Waals surface area contributed by atoms with E-state index in [0.717, 1.165) is 31.7 Å². The molecule has 0 atom stereocenters. The second kappa shape index (κ2) is 10.6. The Balaban J connectivity index is 1.48. The molecule has 2 aromatic rings. The minimum absolute atomic E-state index is 0.0125. The summed E-state index contributed by atoms with van der Waals surface area (Å²) in [5, 5.41) is 22.6. The lowest BCUT2D eigenvalue weighted by molar-refractivity contribution is 0.0141. The summed E-state index contributed by atoms with van der Waals surface area (Å²) < 4.78 is 47.6. The highest BCUT2D eigenvalue weighted by molar-refractivity contribution is 7.89. The maximum Gasteiger partial charge on any atom is 0.244 e. The number of aliphatic hydroxyl groups excluding tert-OH is 1. The molecule has 2 N–H and O–H groups in total. The number of hydrogen-bond donors (Lipinski definition) is 2. The molecule has 2 aromatic carbocycles. The van der Waals surface area contributed by atoms with E-state index >= 15 is 0 Å². The van der Waals surface area contributed by atoms with Crippen molar-refractivity contribution in [2.75, 3.05) is 26.2 Å². The number of nitrogens with zero attached hydrogens (tertiary/aromatic N) is 2. The van der Waals surface area contributed by atoms with Crippen LogP contribution in [0.15, 0.2) is 41.3 Å². The maximum absolute atomic E-state index is 14.0. The fraction of sp³-hybridized carbons (Fsp3) is 0.458. The minimum atomic E-state index is -3.84. The smallest absolute Gasteiger partial charge is 0.244 e. The molecule has 1 heterocycles. The number of benzene rings is 2. The number of nitriles is 1. The number of nitrogens with one attached hydrogen (secondary N) is 1. The molecule has 2 aliphatic rings. The van der Waals surface area contributed by atoms with Gasteiger partial charge in [0.25, 0.3) is 0 Å². The van der Waals surface area contributed by atoms with Crippen LogP contribution in [0.1, 0.15) is 31.2 Å². The van der Waals surface area contributed by atoms with Crippen molar-refractivity contribution < 1.29 is 22.7 Å². The van der Waals surface area contributed by atoms with Crippen molar-refractivity contribution in [1.82, 2.24) is 9.62 Å². The molecular weight excluding hydrogens is 516 g/mol. The molecule has 7 nitrogen and oxygen atoms in total. The monoisotopic (exact) mass is 541 g/mol. The van der Waals surface area contributed by atoms with Crippen molar-refractivity contribution in [1.29, 1.82) is 5.26 Å². The predicted molar refractivity (Wildman–Crippen MR) is 131 cm³/mol. The molecule has 1 saturated carbocycles. The highest BCUT2D eigenvalue weighted by Crippen LogP contribution is 2.38. The number of ether oxygens (including phenoxy) is 1. The summed E-state index contributed by atoms with van der Waals surface area (Å²) >= 11 is 12.1. The third-order valence-corrected chi connectivity index (χ3v) is 9.11.